The summed E-state index contributed by atoms with van der Waals surface area (Å²) in [7, 11) is 0. The minimum absolute atomic E-state index is 0.00364. The molecule has 0 aliphatic carbocycles. The highest BCUT2D eigenvalue weighted by molar-refractivity contribution is 6.18. The molecule has 2 rings (SSSR count). The van der Waals surface area contributed by atoms with Gasteiger partial charge in [-0.25, -0.2) is 0 Å². The highest BCUT2D eigenvalue weighted by Crippen LogP contribution is 2.36. The molecular weight excluding hydrogens is 236 g/mol. The van der Waals surface area contributed by atoms with Gasteiger partial charge in [-0.1, -0.05) is 30.3 Å². The van der Waals surface area contributed by atoms with Crippen molar-refractivity contribution in [2.75, 3.05) is 19.1 Å². The number of benzene rings is 1. The van der Waals surface area contributed by atoms with E-state index in [-0.39, 0.29) is 11.5 Å². The number of halogens is 1. The van der Waals surface area contributed by atoms with Gasteiger partial charge in [0, 0.05) is 17.9 Å². The van der Waals surface area contributed by atoms with Gasteiger partial charge in [-0.15, -0.1) is 11.6 Å². The molecule has 1 aromatic carbocycles. The molecule has 0 saturated carbocycles. The van der Waals surface area contributed by atoms with E-state index in [0.717, 1.165) is 13.0 Å². The number of hydrogen-bond donors (Lipinski definition) is 0. The van der Waals surface area contributed by atoms with Crippen molar-refractivity contribution in [2.45, 2.75) is 26.1 Å². The number of ether oxygens (including phenoxy) is 2. The van der Waals surface area contributed by atoms with Crippen LogP contribution in [-0.4, -0.2) is 25.2 Å². The lowest BCUT2D eigenvalue weighted by Crippen LogP contribution is -2.35. The van der Waals surface area contributed by atoms with E-state index >= 15 is 0 Å². The summed E-state index contributed by atoms with van der Waals surface area (Å²) in [5.41, 5.74) is 1.19. The fourth-order valence-corrected chi connectivity index (χ4v) is 2.60. The lowest BCUT2D eigenvalue weighted by atomic mass is 9.85. The van der Waals surface area contributed by atoms with Crippen molar-refractivity contribution >= 4 is 11.6 Å². The molecule has 1 aromatic rings. The monoisotopic (exact) mass is 254 g/mol. The average molecular weight is 255 g/mol. The first kappa shape index (κ1) is 12.9. The van der Waals surface area contributed by atoms with Gasteiger partial charge in [0.1, 0.15) is 0 Å². The van der Waals surface area contributed by atoms with Crippen LogP contribution in [0.1, 0.15) is 18.9 Å². The van der Waals surface area contributed by atoms with E-state index in [1.54, 1.807) is 0 Å². The maximum atomic E-state index is 6.08. The summed E-state index contributed by atoms with van der Waals surface area (Å²) in [5, 5.41) is 0. The summed E-state index contributed by atoms with van der Waals surface area (Å²) in [6.07, 6.45) is 1.18. The maximum absolute atomic E-state index is 6.08. The molecule has 0 amide bonds. The van der Waals surface area contributed by atoms with Crippen LogP contribution in [0.25, 0.3) is 0 Å². The van der Waals surface area contributed by atoms with E-state index in [1.807, 2.05) is 18.2 Å². The zero-order valence-corrected chi connectivity index (χ0v) is 11.0. The fourth-order valence-electron chi connectivity index (χ4n) is 2.17. The van der Waals surface area contributed by atoms with E-state index < -0.39 is 0 Å². The Bertz CT molecular complexity index is 341. The van der Waals surface area contributed by atoms with Gasteiger partial charge in [-0.3, -0.25) is 0 Å². The third kappa shape index (κ3) is 3.01. The van der Waals surface area contributed by atoms with Gasteiger partial charge < -0.3 is 9.47 Å². The fraction of sp³-hybridized carbons (Fsp3) is 0.571. The SMILES string of the molecule is CC1OCCC1(CCl)COCc1ccccc1. The molecule has 2 unspecified atom stereocenters. The molecule has 1 fully saturated rings. The van der Waals surface area contributed by atoms with Crippen molar-refractivity contribution in [3.63, 3.8) is 0 Å². The van der Waals surface area contributed by atoms with Gasteiger partial charge in [-0.2, -0.15) is 0 Å². The first-order valence-electron chi connectivity index (χ1n) is 6.06. The van der Waals surface area contributed by atoms with E-state index in [2.05, 4.69) is 19.1 Å². The molecule has 0 radical (unpaired) electrons. The third-order valence-corrected chi connectivity index (χ3v) is 4.13. The Morgan fingerprint density at radius 2 is 2.18 bits per heavy atom. The summed E-state index contributed by atoms with van der Waals surface area (Å²) < 4.78 is 11.4. The van der Waals surface area contributed by atoms with Crippen molar-refractivity contribution in [1.82, 2.24) is 0 Å². The topological polar surface area (TPSA) is 18.5 Å². The Labute approximate surface area is 108 Å². The van der Waals surface area contributed by atoms with E-state index in [0.29, 0.717) is 19.1 Å². The van der Waals surface area contributed by atoms with Crippen molar-refractivity contribution in [1.29, 1.82) is 0 Å². The summed E-state index contributed by atoms with van der Waals surface area (Å²) in [6, 6.07) is 10.2. The van der Waals surface area contributed by atoms with Gasteiger partial charge >= 0.3 is 0 Å². The molecule has 94 valence electrons. The summed E-state index contributed by atoms with van der Waals surface area (Å²) in [6.45, 7) is 4.20. The first-order chi connectivity index (χ1) is 8.27. The Morgan fingerprint density at radius 3 is 2.76 bits per heavy atom. The molecule has 1 saturated heterocycles. The van der Waals surface area contributed by atoms with Crippen LogP contribution >= 0.6 is 11.6 Å². The first-order valence-corrected chi connectivity index (χ1v) is 6.59. The number of alkyl halides is 1. The zero-order chi connectivity index (χ0) is 12.1. The Balaban J connectivity index is 1.85. The zero-order valence-electron chi connectivity index (χ0n) is 10.2. The lowest BCUT2D eigenvalue weighted by molar-refractivity contribution is -0.000928. The molecule has 1 heterocycles. The predicted octanol–water partition coefficient (Wildman–Crippen LogP) is 3.24. The predicted molar refractivity (Wildman–Crippen MR) is 69.3 cm³/mol. The minimum atomic E-state index is -0.00364. The van der Waals surface area contributed by atoms with Crippen LogP contribution in [0.5, 0.6) is 0 Å². The molecule has 2 nitrogen and oxygen atoms in total. The molecule has 3 heteroatoms. The van der Waals surface area contributed by atoms with Gasteiger partial charge in [0.15, 0.2) is 0 Å². The van der Waals surface area contributed by atoms with Crippen molar-refractivity contribution < 1.29 is 9.47 Å². The summed E-state index contributed by atoms with van der Waals surface area (Å²) >= 11 is 6.08. The van der Waals surface area contributed by atoms with E-state index in [1.165, 1.54) is 5.56 Å². The summed E-state index contributed by atoms with van der Waals surface area (Å²) in [5.74, 6) is 0.600. The van der Waals surface area contributed by atoms with Gasteiger partial charge in [-0.05, 0) is 18.9 Å². The van der Waals surface area contributed by atoms with Crippen LogP contribution < -0.4 is 0 Å². The van der Waals surface area contributed by atoms with Crippen LogP contribution in [-0.2, 0) is 16.1 Å². The highest BCUT2D eigenvalue weighted by Gasteiger charge is 2.41. The van der Waals surface area contributed by atoms with E-state index in [4.69, 9.17) is 21.1 Å². The standard InChI is InChI=1S/C14H19ClO2/c1-12-14(10-15,7-8-17-12)11-16-9-13-5-3-2-4-6-13/h2-6,12H,7-11H2,1H3. The molecule has 0 N–H and O–H groups in total. The molecular formula is C14H19ClO2. The van der Waals surface area contributed by atoms with E-state index in [9.17, 15) is 0 Å². The molecule has 0 aromatic heterocycles. The van der Waals surface area contributed by atoms with Crippen LogP contribution in [0.2, 0.25) is 0 Å². The molecule has 2 atom stereocenters. The number of hydrogen-bond acceptors (Lipinski definition) is 2. The maximum Gasteiger partial charge on any atom is 0.0717 e. The van der Waals surface area contributed by atoms with Crippen LogP contribution in [0.3, 0.4) is 0 Å². The smallest absolute Gasteiger partial charge is 0.0717 e. The molecule has 1 aliphatic rings. The van der Waals surface area contributed by atoms with Crippen molar-refractivity contribution in [3.05, 3.63) is 35.9 Å². The van der Waals surface area contributed by atoms with Crippen LogP contribution in [0, 0.1) is 5.41 Å². The minimum Gasteiger partial charge on any atom is -0.378 e. The summed E-state index contributed by atoms with van der Waals surface area (Å²) in [4.78, 5) is 0. The molecule has 0 bridgehead atoms. The Hall–Kier alpha value is -0.570. The van der Waals surface area contributed by atoms with Gasteiger partial charge in [0.2, 0.25) is 0 Å². The van der Waals surface area contributed by atoms with Crippen molar-refractivity contribution in [2.24, 2.45) is 5.41 Å². The lowest BCUT2D eigenvalue weighted by Gasteiger charge is -2.29. The second-order valence-corrected chi connectivity index (χ2v) is 5.00. The van der Waals surface area contributed by atoms with Crippen LogP contribution in [0.4, 0.5) is 0 Å². The van der Waals surface area contributed by atoms with Crippen molar-refractivity contribution in [3.8, 4) is 0 Å². The van der Waals surface area contributed by atoms with Gasteiger partial charge in [0.25, 0.3) is 0 Å². The third-order valence-electron chi connectivity index (χ3n) is 3.60. The van der Waals surface area contributed by atoms with Gasteiger partial charge in [0.05, 0.1) is 19.3 Å². The Kier molecular flexibility index (Phi) is 4.43. The average Bonchev–Trinajstić information content (AvgIpc) is 2.73. The normalized spacial score (nSPS) is 28.5. The quantitative estimate of drug-likeness (QED) is 0.751. The molecule has 1 aliphatic heterocycles. The van der Waals surface area contributed by atoms with Crippen LogP contribution in [0.15, 0.2) is 30.3 Å². The second-order valence-electron chi connectivity index (χ2n) is 4.74. The number of rotatable bonds is 5. The highest BCUT2D eigenvalue weighted by atomic mass is 35.5. The largest absolute Gasteiger partial charge is 0.378 e. The Morgan fingerprint density at radius 1 is 1.41 bits per heavy atom. The molecule has 0 spiro atoms. The second kappa shape index (κ2) is 5.85. The molecule has 17 heavy (non-hydrogen) atoms.